The third-order valence-corrected chi connectivity index (χ3v) is 5.14. The van der Waals surface area contributed by atoms with Crippen LogP contribution in [0.2, 0.25) is 20.1 Å². The maximum absolute atomic E-state index is 12.6. The molecule has 0 spiro atoms. The first kappa shape index (κ1) is 18.9. The summed E-state index contributed by atoms with van der Waals surface area (Å²) in [4.78, 5) is 24.1. The van der Waals surface area contributed by atoms with Crippen molar-refractivity contribution in [1.82, 2.24) is 0 Å². The Hall–Kier alpha value is -1.46. The highest BCUT2D eigenvalue weighted by atomic mass is 35.5. The van der Waals surface area contributed by atoms with Gasteiger partial charge in [0.05, 0.1) is 31.2 Å². The molecule has 0 atom stereocenters. The van der Waals surface area contributed by atoms with E-state index in [0.717, 1.165) is 11.1 Å². The second kappa shape index (κ2) is 7.19. The predicted molar refractivity (Wildman–Crippen MR) is 97.3 cm³/mol. The first-order valence-electron chi connectivity index (χ1n) is 6.63. The minimum absolute atomic E-state index is 0.181. The lowest BCUT2D eigenvalue weighted by Gasteiger charge is -2.15. The number of aryl methyl sites for hydroxylation is 2. The van der Waals surface area contributed by atoms with E-state index in [0.29, 0.717) is 5.69 Å². The molecule has 2 aromatic rings. The fraction of sp³-hybridized carbons (Fsp3) is 0.125. The summed E-state index contributed by atoms with van der Waals surface area (Å²) in [7, 11) is 0. The van der Waals surface area contributed by atoms with Crippen molar-refractivity contribution in [1.29, 1.82) is 0 Å². The van der Waals surface area contributed by atoms with Crippen molar-refractivity contribution >= 4 is 64.0 Å². The van der Waals surface area contributed by atoms with Crippen LogP contribution in [-0.2, 0) is 0 Å². The van der Waals surface area contributed by atoms with Gasteiger partial charge in [-0.2, -0.15) is 0 Å². The third kappa shape index (κ3) is 3.47. The lowest BCUT2D eigenvalue weighted by atomic mass is 10.1. The zero-order chi connectivity index (χ0) is 18.2. The Morgan fingerprint density at radius 1 is 0.917 bits per heavy atom. The molecule has 1 amide bonds. The molecule has 0 aromatic heterocycles. The molecule has 0 fully saturated rings. The smallest absolute Gasteiger partial charge is 0.338 e. The molecule has 0 unspecified atom stereocenters. The molecule has 4 nitrogen and oxygen atoms in total. The largest absolute Gasteiger partial charge is 0.478 e. The highest BCUT2D eigenvalue weighted by Gasteiger charge is 2.29. The van der Waals surface area contributed by atoms with E-state index in [1.165, 1.54) is 0 Å². The van der Waals surface area contributed by atoms with Gasteiger partial charge in [-0.25, -0.2) is 4.79 Å². The van der Waals surface area contributed by atoms with Crippen molar-refractivity contribution in [2.45, 2.75) is 13.8 Å². The van der Waals surface area contributed by atoms with Crippen molar-refractivity contribution in [2.75, 3.05) is 5.32 Å². The summed E-state index contributed by atoms with van der Waals surface area (Å²) in [6.07, 6.45) is 0. The molecule has 0 heterocycles. The van der Waals surface area contributed by atoms with Crippen LogP contribution in [0.25, 0.3) is 0 Å². The number of nitrogens with one attached hydrogen (secondary N) is 1. The predicted octanol–water partition coefficient (Wildman–Crippen LogP) is 5.87. The number of carbonyl (C=O) groups is 2. The number of carboxylic acid groups (broad SMARTS) is 1. The summed E-state index contributed by atoms with van der Waals surface area (Å²) in [5.74, 6) is -2.18. The van der Waals surface area contributed by atoms with Gasteiger partial charge in [0.1, 0.15) is 0 Å². The van der Waals surface area contributed by atoms with E-state index in [2.05, 4.69) is 5.32 Å². The Morgan fingerprint density at radius 3 is 1.96 bits per heavy atom. The molecule has 8 heteroatoms. The molecule has 2 rings (SSSR count). The van der Waals surface area contributed by atoms with Crippen LogP contribution in [-0.4, -0.2) is 17.0 Å². The Balaban J connectivity index is 2.59. The number of carbonyl (C=O) groups excluding carboxylic acids is 1. The monoisotopic (exact) mass is 405 g/mol. The summed E-state index contributed by atoms with van der Waals surface area (Å²) in [6.45, 7) is 3.72. The van der Waals surface area contributed by atoms with E-state index >= 15 is 0 Å². The van der Waals surface area contributed by atoms with Crippen molar-refractivity contribution in [2.24, 2.45) is 0 Å². The Labute approximate surface area is 158 Å². The van der Waals surface area contributed by atoms with Crippen LogP contribution >= 0.6 is 46.4 Å². The van der Waals surface area contributed by atoms with E-state index in [4.69, 9.17) is 46.4 Å². The van der Waals surface area contributed by atoms with Gasteiger partial charge in [0.15, 0.2) is 0 Å². The minimum atomic E-state index is -1.44. The molecule has 0 saturated carbocycles. The number of halogens is 4. The number of rotatable bonds is 3. The van der Waals surface area contributed by atoms with Crippen LogP contribution in [0, 0.1) is 13.8 Å². The molecular formula is C16H11Cl4NO3. The number of benzene rings is 2. The lowest BCUT2D eigenvalue weighted by molar-refractivity contribution is 0.0692. The van der Waals surface area contributed by atoms with Gasteiger partial charge < -0.3 is 10.4 Å². The van der Waals surface area contributed by atoms with Gasteiger partial charge in [-0.15, -0.1) is 0 Å². The highest BCUT2D eigenvalue weighted by molar-refractivity contribution is 6.54. The molecule has 0 aliphatic heterocycles. The number of amides is 1. The molecule has 126 valence electrons. The summed E-state index contributed by atoms with van der Waals surface area (Å²) < 4.78 is 0. The van der Waals surface area contributed by atoms with Gasteiger partial charge >= 0.3 is 5.97 Å². The quantitative estimate of drug-likeness (QED) is 0.494. The molecule has 24 heavy (non-hydrogen) atoms. The molecule has 0 aliphatic rings. The van der Waals surface area contributed by atoms with Gasteiger partial charge in [-0.1, -0.05) is 64.1 Å². The van der Waals surface area contributed by atoms with Crippen LogP contribution in [0.1, 0.15) is 31.8 Å². The van der Waals surface area contributed by atoms with Crippen LogP contribution in [0.15, 0.2) is 18.2 Å². The fourth-order valence-corrected chi connectivity index (χ4v) is 3.20. The maximum atomic E-state index is 12.6. The second-order valence-electron chi connectivity index (χ2n) is 5.08. The summed E-state index contributed by atoms with van der Waals surface area (Å²) in [6, 6.07) is 5.39. The van der Waals surface area contributed by atoms with E-state index in [-0.39, 0.29) is 25.7 Å². The molecule has 0 aliphatic carbocycles. The molecule has 0 radical (unpaired) electrons. The summed E-state index contributed by atoms with van der Waals surface area (Å²) in [5, 5.41) is 11.0. The average molecular weight is 407 g/mol. The molecule has 0 saturated heterocycles. The first-order valence-corrected chi connectivity index (χ1v) is 8.14. The molecule has 0 bridgehead atoms. The third-order valence-electron chi connectivity index (χ3n) is 3.34. The standard InChI is InChI=1S/C16H11Cl4NO3/c1-6-3-4-8(7(2)5-6)21-15(22)9-10(16(23)24)12(18)14(20)13(19)11(9)17/h3-5H,1-2H3,(H,21,22)(H,23,24). The van der Waals surface area contributed by atoms with Gasteiger partial charge in [0.25, 0.3) is 5.91 Å². The van der Waals surface area contributed by atoms with Crippen molar-refractivity contribution in [3.05, 3.63) is 60.5 Å². The SMILES string of the molecule is Cc1ccc(NC(=O)c2c(Cl)c(Cl)c(Cl)c(Cl)c2C(=O)O)c(C)c1. The minimum Gasteiger partial charge on any atom is -0.478 e. The van der Waals surface area contributed by atoms with Crippen molar-refractivity contribution in [3.8, 4) is 0 Å². The topological polar surface area (TPSA) is 66.4 Å². The van der Waals surface area contributed by atoms with Gasteiger partial charge in [0.2, 0.25) is 0 Å². The van der Waals surface area contributed by atoms with E-state index in [9.17, 15) is 14.7 Å². The number of hydrogen-bond acceptors (Lipinski definition) is 2. The number of carboxylic acids is 1. The zero-order valence-electron chi connectivity index (χ0n) is 12.5. The van der Waals surface area contributed by atoms with Crippen LogP contribution in [0.3, 0.4) is 0 Å². The first-order chi connectivity index (χ1) is 11.1. The Kier molecular flexibility index (Phi) is 5.66. The van der Waals surface area contributed by atoms with E-state index < -0.39 is 17.4 Å². The fourth-order valence-electron chi connectivity index (χ4n) is 2.18. The molecule has 2 aromatic carbocycles. The van der Waals surface area contributed by atoms with Gasteiger partial charge in [-0.05, 0) is 25.5 Å². The van der Waals surface area contributed by atoms with Crippen molar-refractivity contribution < 1.29 is 14.7 Å². The lowest BCUT2D eigenvalue weighted by Crippen LogP contribution is -2.18. The normalized spacial score (nSPS) is 10.6. The average Bonchev–Trinajstić information content (AvgIpc) is 2.50. The van der Waals surface area contributed by atoms with Gasteiger partial charge in [-0.3, -0.25) is 4.79 Å². The van der Waals surface area contributed by atoms with Crippen molar-refractivity contribution in [3.63, 3.8) is 0 Å². The number of anilines is 1. The summed E-state index contributed by atoms with van der Waals surface area (Å²) in [5.41, 5.74) is 1.50. The van der Waals surface area contributed by atoms with E-state index in [1.54, 1.807) is 6.07 Å². The van der Waals surface area contributed by atoms with Gasteiger partial charge in [0, 0.05) is 5.69 Å². The second-order valence-corrected chi connectivity index (χ2v) is 6.60. The maximum Gasteiger partial charge on any atom is 0.338 e. The Bertz CT molecular complexity index is 865. The van der Waals surface area contributed by atoms with Crippen LogP contribution in [0.5, 0.6) is 0 Å². The molecule has 2 N–H and O–H groups in total. The summed E-state index contributed by atoms with van der Waals surface area (Å²) >= 11 is 23.8. The van der Waals surface area contributed by atoms with E-state index in [1.807, 2.05) is 26.0 Å². The molecular weight excluding hydrogens is 396 g/mol. The van der Waals surface area contributed by atoms with Crippen LogP contribution < -0.4 is 5.32 Å². The zero-order valence-corrected chi connectivity index (χ0v) is 15.5. The number of aromatic carboxylic acids is 1. The Morgan fingerprint density at radius 2 is 1.46 bits per heavy atom. The van der Waals surface area contributed by atoms with Crippen LogP contribution in [0.4, 0.5) is 5.69 Å². The highest BCUT2D eigenvalue weighted by Crippen LogP contribution is 2.41. The number of hydrogen-bond donors (Lipinski definition) is 2.